The molecule has 1 unspecified atom stereocenters. The van der Waals surface area contributed by atoms with Gasteiger partial charge in [0.15, 0.2) is 0 Å². The molecule has 1 amide bonds. The van der Waals surface area contributed by atoms with Gasteiger partial charge in [0.2, 0.25) is 5.91 Å². The van der Waals surface area contributed by atoms with Crippen LogP contribution in [0.15, 0.2) is 54.6 Å². The predicted molar refractivity (Wildman–Crippen MR) is 134 cm³/mol. The van der Waals surface area contributed by atoms with Crippen molar-refractivity contribution in [3.8, 4) is 0 Å². The number of rotatable bonds is 13. The molecule has 0 aliphatic carbocycles. The summed E-state index contributed by atoms with van der Waals surface area (Å²) in [5.74, 6) is -0.299. The van der Waals surface area contributed by atoms with Crippen LogP contribution in [0.25, 0.3) is 0 Å². The van der Waals surface area contributed by atoms with Gasteiger partial charge in [-0.05, 0) is 61.9 Å². The number of anilines is 2. The molecule has 0 saturated carbocycles. The molecule has 0 spiro atoms. The molecule has 32 heavy (non-hydrogen) atoms. The Kier molecular flexibility index (Phi) is 10.8. The van der Waals surface area contributed by atoms with Gasteiger partial charge < -0.3 is 9.57 Å². The second-order valence-corrected chi connectivity index (χ2v) is 9.48. The third-order valence-electron chi connectivity index (χ3n) is 5.89. The van der Waals surface area contributed by atoms with E-state index in [-0.39, 0.29) is 5.91 Å². The highest BCUT2D eigenvalue weighted by Gasteiger charge is 2.12. The fourth-order valence-corrected chi connectivity index (χ4v) is 5.06. The first-order valence-electron chi connectivity index (χ1n) is 11.8. The highest BCUT2D eigenvalue weighted by molar-refractivity contribution is 7.37. The number of hydrogen-bond acceptors (Lipinski definition) is 5. The molecule has 3 N–H and O–H groups in total. The number of piperidine rings is 1. The normalized spacial score (nSPS) is 14.1. The van der Waals surface area contributed by atoms with Crippen molar-refractivity contribution in [1.29, 1.82) is 0 Å². The van der Waals surface area contributed by atoms with Gasteiger partial charge in [-0.3, -0.25) is 15.1 Å². The lowest BCUT2D eigenvalue weighted by atomic mass is 10.1. The van der Waals surface area contributed by atoms with E-state index in [1.807, 2.05) is 6.07 Å². The molecule has 2 aromatic carbocycles. The molecule has 1 atom stereocenters. The minimum atomic E-state index is -0.299. The van der Waals surface area contributed by atoms with Crippen LogP contribution < -0.4 is 20.1 Å². The highest BCUT2D eigenvalue weighted by atomic mass is 31.1. The molecule has 1 fully saturated rings. The number of nitrogens with one attached hydrogen (secondary N) is 2. The highest BCUT2D eigenvalue weighted by Crippen LogP contribution is 2.29. The number of carbonyl (C=O) groups is 1. The Hall–Kier alpha value is -2.14. The molecule has 0 aromatic heterocycles. The van der Waals surface area contributed by atoms with Crippen LogP contribution in [0.1, 0.15) is 56.9 Å². The van der Waals surface area contributed by atoms with Crippen molar-refractivity contribution in [3.05, 3.63) is 60.2 Å². The lowest BCUT2D eigenvalue weighted by molar-refractivity contribution is -0.129. The molecule has 1 saturated heterocycles. The average Bonchev–Trinajstić information content (AvgIpc) is 2.86. The van der Waals surface area contributed by atoms with Crippen LogP contribution in [0.2, 0.25) is 0 Å². The summed E-state index contributed by atoms with van der Waals surface area (Å²) in [6.45, 7) is 4.17. The van der Waals surface area contributed by atoms with Gasteiger partial charge in [-0.15, -0.1) is 0 Å². The van der Waals surface area contributed by atoms with Crippen molar-refractivity contribution in [2.24, 2.45) is 0 Å². The summed E-state index contributed by atoms with van der Waals surface area (Å²) >= 11 is 0. The first-order valence-corrected chi connectivity index (χ1v) is 12.8. The number of nitrogens with zero attached hydrogens (tertiary/aromatic N) is 2. The number of unbranched alkanes of at least 4 members (excludes halogenated alkanes) is 3. The van der Waals surface area contributed by atoms with Crippen LogP contribution in [-0.2, 0) is 11.3 Å². The van der Waals surface area contributed by atoms with E-state index in [4.69, 9.17) is 5.21 Å². The first-order chi connectivity index (χ1) is 15.8. The summed E-state index contributed by atoms with van der Waals surface area (Å²) < 4.78 is 2.43. The van der Waals surface area contributed by atoms with Crippen molar-refractivity contribution in [3.63, 3.8) is 0 Å². The lowest BCUT2D eigenvalue weighted by Crippen LogP contribution is -2.29. The Morgan fingerprint density at radius 1 is 0.938 bits per heavy atom. The van der Waals surface area contributed by atoms with Gasteiger partial charge in [0.25, 0.3) is 0 Å². The predicted octanol–water partition coefficient (Wildman–Crippen LogP) is 5.24. The van der Waals surface area contributed by atoms with E-state index in [1.165, 1.54) is 36.2 Å². The maximum atomic E-state index is 11.1. The van der Waals surface area contributed by atoms with Gasteiger partial charge >= 0.3 is 0 Å². The molecular weight excluding hydrogens is 419 g/mol. The van der Waals surface area contributed by atoms with Crippen molar-refractivity contribution < 1.29 is 10.0 Å². The van der Waals surface area contributed by atoms with Crippen molar-refractivity contribution >= 4 is 26.2 Å². The maximum absolute atomic E-state index is 11.1. The summed E-state index contributed by atoms with van der Waals surface area (Å²) in [6, 6.07) is 19.6. The number of benzene rings is 2. The SMILES string of the molecule is O=C(CCCCCCN(PNCc1ccccc1)c1ccc(N2CCCCC2)cc1)NO. The van der Waals surface area contributed by atoms with E-state index < -0.39 is 0 Å². The summed E-state index contributed by atoms with van der Waals surface area (Å²) in [5, 5.41) is 12.2. The van der Waals surface area contributed by atoms with Gasteiger partial charge in [0.1, 0.15) is 0 Å². The van der Waals surface area contributed by atoms with Gasteiger partial charge in [0, 0.05) is 52.9 Å². The van der Waals surface area contributed by atoms with E-state index in [1.54, 1.807) is 5.48 Å². The first kappa shape index (κ1) is 24.5. The summed E-state index contributed by atoms with van der Waals surface area (Å²) in [4.78, 5) is 13.6. The topological polar surface area (TPSA) is 67.8 Å². The van der Waals surface area contributed by atoms with E-state index in [0.717, 1.165) is 51.9 Å². The molecule has 0 bridgehead atoms. The van der Waals surface area contributed by atoms with Crippen molar-refractivity contribution in [1.82, 2.24) is 10.6 Å². The molecule has 7 heteroatoms. The Bertz CT molecular complexity index is 782. The fourth-order valence-electron chi connectivity index (χ4n) is 4.04. The van der Waals surface area contributed by atoms with Crippen LogP contribution in [0, 0.1) is 0 Å². The van der Waals surface area contributed by atoms with Crippen LogP contribution in [0.5, 0.6) is 0 Å². The Balaban J connectivity index is 1.52. The van der Waals surface area contributed by atoms with E-state index in [2.05, 4.69) is 63.2 Å². The largest absolute Gasteiger partial charge is 0.372 e. The van der Waals surface area contributed by atoms with Gasteiger partial charge in [-0.1, -0.05) is 43.2 Å². The third-order valence-corrected chi connectivity index (χ3v) is 6.98. The Morgan fingerprint density at radius 3 is 2.38 bits per heavy atom. The molecule has 3 rings (SSSR count). The molecule has 174 valence electrons. The van der Waals surface area contributed by atoms with Crippen LogP contribution >= 0.6 is 8.88 Å². The fraction of sp³-hybridized carbons (Fsp3) is 0.480. The molecular formula is C25H37N4O2P. The number of hydrogen-bond donors (Lipinski definition) is 3. The van der Waals surface area contributed by atoms with Crippen LogP contribution in [0.4, 0.5) is 11.4 Å². The molecule has 0 radical (unpaired) electrons. The molecule has 1 heterocycles. The molecule has 1 aliphatic heterocycles. The Labute approximate surface area is 194 Å². The Morgan fingerprint density at radius 2 is 1.66 bits per heavy atom. The second kappa shape index (κ2) is 14.1. The van der Waals surface area contributed by atoms with E-state index in [9.17, 15) is 4.79 Å². The zero-order valence-electron chi connectivity index (χ0n) is 18.9. The minimum absolute atomic E-state index is 0.299. The maximum Gasteiger partial charge on any atom is 0.243 e. The zero-order valence-corrected chi connectivity index (χ0v) is 19.9. The average molecular weight is 457 g/mol. The summed E-state index contributed by atoms with van der Waals surface area (Å²) in [7, 11) is 0.510. The van der Waals surface area contributed by atoms with Crippen molar-refractivity contribution in [2.75, 3.05) is 29.2 Å². The lowest BCUT2D eigenvalue weighted by Gasteiger charge is -2.30. The van der Waals surface area contributed by atoms with E-state index >= 15 is 0 Å². The van der Waals surface area contributed by atoms with Gasteiger partial charge in [-0.2, -0.15) is 0 Å². The zero-order chi connectivity index (χ0) is 22.4. The van der Waals surface area contributed by atoms with Gasteiger partial charge in [0.05, 0.1) is 0 Å². The second-order valence-electron chi connectivity index (χ2n) is 8.37. The smallest absolute Gasteiger partial charge is 0.243 e. The van der Waals surface area contributed by atoms with Crippen LogP contribution in [0.3, 0.4) is 0 Å². The monoisotopic (exact) mass is 456 g/mol. The van der Waals surface area contributed by atoms with Crippen LogP contribution in [-0.4, -0.2) is 30.7 Å². The minimum Gasteiger partial charge on any atom is -0.372 e. The summed E-state index contributed by atoms with van der Waals surface area (Å²) in [5.41, 5.74) is 5.58. The van der Waals surface area contributed by atoms with Gasteiger partial charge in [-0.25, -0.2) is 5.48 Å². The molecule has 2 aromatic rings. The molecule has 1 aliphatic rings. The quantitative estimate of drug-likeness (QED) is 0.167. The number of hydroxylamine groups is 1. The number of carbonyl (C=O) groups excluding carboxylic acids is 1. The third kappa shape index (κ3) is 8.42. The molecule has 6 nitrogen and oxygen atoms in total. The van der Waals surface area contributed by atoms with Crippen molar-refractivity contribution in [2.45, 2.75) is 57.9 Å². The summed E-state index contributed by atoms with van der Waals surface area (Å²) in [6.07, 6.45) is 8.27. The standard InChI is InChI=1S/C25H37N4O2P/c30-25(27-31)13-7-1-2-10-20-29(32-26-21-22-11-5-3-6-12-22)24-16-14-23(15-17-24)28-18-8-4-9-19-28/h3,5-6,11-12,14-17,26,31-32H,1-2,4,7-10,13,18-21H2,(H,27,30). The number of amides is 1. The van der Waals surface area contributed by atoms with E-state index in [0.29, 0.717) is 15.3 Å².